The van der Waals surface area contributed by atoms with Gasteiger partial charge in [-0.1, -0.05) is 5.16 Å². The molecular weight excluding hydrogens is 210 g/mol. The number of nitrogens with zero attached hydrogens (tertiary/aromatic N) is 2. The molecular formula is C10H15N3OS. The van der Waals surface area contributed by atoms with Crippen molar-refractivity contribution in [3.05, 3.63) is 11.7 Å². The molecule has 3 rings (SSSR count). The van der Waals surface area contributed by atoms with Crippen molar-refractivity contribution in [2.45, 2.75) is 37.8 Å². The van der Waals surface area contributed by atoms with E-state index in [-0.39, 0.29) is 0 Å². The van der Waals surface area contributed by atoms with Crippen LogP contribution in [0.5, 0.6) is 0 Å². The lowest BCUT2D eigenvalue weighted by atomic mass is 10.1. The summed E-state index contributed by atoms with van der Waals surface area (Å²) in [4.78, 5) is 4.44. The fourth-order valence-electron chi connectivity index (χ4n) is 1.76. The third-order valence-corrected chi connectivity index (χ3v) is 4.05. The van der Waals surface area contributed by atoms with Gasteiger partial charge in [-0.05, 0) is 25.0 Å². The number of thioether (sulfide) groups is 1. The normalized spacial score (nSPS) is 26.0. The Bertz CT molecular complexity index is 331. The molecule has 0 aromatic carbocycles. The predicted octanol–water partition coefficient (Wildman–Crippen LogP) is 1.54. The van der Waals surface area contributed by atoms with Crippen molar-refractivity contribution in [1.82, 2.24) is 15.5 Å². The van der Waals surface area contributed by atoms with Crippen LogP contribution in [0, 0.1) is 0 Å². The van der Waals surface area contributed by atoms with Crippen LogP contribution >= 0.6 is 11.8 Å². The van der Waals surface area contributed by atoms with Gasteiger partial charge in [0.15, 0.2) is 5.82 Å². The molecule has 1 saturated heterocycles. The minimum Gasteiger partial charge on any atom is -0.339 e. The summed E-state index contributed by atoms with van der Waals surface area (Å²) in [6.45, 7) is 0.758. The molecule has 1 atom stereocenters. The van der Waals surface area contributed by atoms with Crippen LogP contribution in [0.3, 0.4) is 0 Å². The molecule has 5 heteroatoms. The molecule has 2 heterocycles. The first kappa shape index (κ1) is 9.66. The summed E-state index contributed by atoms with van der Waals surface area (Å²) in [6, 6.07) is 0.703. The monoisotopic (exact) mass is 225 g/mol. The van der Waals surface area contributed by atoms with Gasteiger partial charge in [-0.3, -0.25) is 0 Å². The van der Waals surface area contributed by atoms with Gasteiger partial charge >= 0.3 is 0 Å². The Morgan fingerprint density at radius 2 is 2.33 bits per heavy atom. The molecule has 1 unspecified atom stereocenters. The molecule has 0 spiro atoms. The molecule has 0 radical (unpaired) electrons. The van der Waals surface area contributed by atoms with Crippen molar-refractivity contribution in [3.8, 4) is 0 Å². The zero-order valence-electron chi connectivity index (χ0n) is 8.61. The van der Waals surface area contributed by atoms with Crippen molar-refractivity contribution in [1.29, 1.82) is 0 Å². The van der Waals surface area contributed by atoms with Gasteiger partial charge in [0.05, 0.1) is 6.54 Å². The van der Waals surface area contributed by atoms with Crippen molar-refractivity contribution < 1.29 is 4.52 Å². The van der Waals surface area contributed by atoms with E-state index in [4.69, 9.17) is 4.52 Å². The highest BCUT2D eigenvalue weighted by Crippen LogP contribution is 2.31. The molecule has 0 bridgehead atoms. The highest BCUT2D eigenvalue weighted by molar-refractivity contribution is 7.99. The molecule has 1 saturated carbocycles. The molecule has 82 valence electrons. The number of hydrogen-bond donors (Lipinski definition) is 1. The maximum Gasteiger partial charge on any atom is 0.230 e. The van der Waals surface area contributed by atoms with E-state index in [9.17, 15) is 0 Å². The Morgan fingerprint density at radius 3 is 3.07 bits per heavy atom. The van der Waals surface area contributed by atoms with E-state index >= 15 is 0 Å². The number of aromatic nitrogens is 2. The Hall–Kier alpha value is -0.550. The number of rotatable bonds is 4. The van der Waals surface area contributed by atoms with Crippen molar-refractivity contribution in [2.75, 3.05) is 11.5 Å². The van der Waals surface area contributed by atoms with Crippen LogP contribution in [0.2, 0.25) is 0 Å². The van der Waals surface area contributed by atoms with Crippen LogP contribution in [0.1, 0.15) is 36.9 Å². The molecule has 1 aromatic heterocycles. The number of hydrogen-bond acceptors (Lipinski definition) is 5. The lowest BCUT2D eigenvalue weighted by Crippen LogP contribution is -2.16. The zero-order chi connectivity index (χ0) is 10.1. The first-order valence-electron chi connectivity index (χ1n) is 5.55. The van der Waals surface area contributed by atoms with Gasteiger partial charge in [-0.25, -0.2) is 0 Å². The quantitative estimate of drug-likeness (QED) is 0.842. The average molecular weight is 225 g/mol. The van der Waals surface area contributed by atoms with Gasteiger partial charge in [0.2, 0.25) is 5.89 Å². The smallest absolute Gasteiger partial charge is 0.230 e. The lowest BCUT2D eigenvalue weighted by molar-refractivity contribution is 0.355. The summed E-state index contributed by atoms with van der Waals surface area (Å²) >= 11 is 1.97. The molecule has 0 amide bonds. The Morgan fingerprint density at radius 1 is 1.40 bits per heavy atom. The average Bonchev–Trinajstić information content (AvgIpc) is 2.78. The van der Waals surface area contributed by atoms with Crippen LogP contribution in [-0.4, -0.2) is 27.7 Å². The van der Waals surface area contributed by atoms with E-state index in [1.165, 1.54) is 25.0 Å². The van der Waals surface area contributed by atoms with Crippen molar-refractivity contribution in [2.24, 2.45) is 0 Å². The maximum absolute atomic E-state index is 5.29. The van der Waals surface area contributed by atoms with Crippen LogP contribution < -0.4 is 5.32 Å². The second kappa shape index (κ2) is 4.14. The minimum absolute atomic E-state index is 0.497. The Labute approximate surface area is 93.2 Å². The molecule has 1 aliphatic carbocycles. The minimum atomic E-state index is 0.497. The van der Waals surface area contributed by atoms with Crippen LogP contribution in [0.25, 0.3) is 0 Å². The summed E-state index contributed by atoms with van der Waals surface area (Å²) in [5, 5.41) is 7.39. The second-order valence-electron chi connectivity index (χ2n) is 4.26. The van der Waals surface area contributed by atoms with Gasteiger partial charge in [0, 0.05) is 17.7 Å². The summed E-state index contributed by atoms with van der Waals surface area (Å²) in [6.07, 6.45) is 3.77. The van der Waals surface area contributed by atoms with Gasteiger partial charge in [0.1, 0.15) is 0 Å². The summed E-state index contributed by atoms with van der Waals surface area (Å²) < 4.78 is 5.29. The van der Waals surface area contributed by atoms with E-state index in [1.807, 2.05) is 11.8 Å². The standard InChI is InChI=1S/C10H15N3OS/c1-2-8(1)11-5-9-12-10(14-13-9)7-3-4-15-6-7/h7-8,11H,1-6H2. The Balaban J connectivity index is 1.59. The van der Waals surface area contributed by atoms with Crippen LogP contribution in [0.4, 0.5) is 0 Å². The lowest BCUT2D eigenvalue weighted by Gasteiger charge is -1.98. The predicted molar refractivity (Wildman–Crippen MR) is 58.8 cm³/mol. The highest BCUT2D eigenvalue weighted by Gasteiger charge is 2.24. The van der Waals surface area contributed by atoms with E-state index in [1.54, 1.807) is 0 Å². The summed E-state index contributed by atoms with van der Waals surface area (Å²) in [7, 11) is 0. The Kier molecular flexibility index (Phi) is 2.66. The molecule has 15 heavy (non-hydrogen) atoms. The summed E-state index contributed by atoms with van der Waals surface area (Å²) in [5.41, 5.74) is 0. The van der Waals surface area contributed by atoms with Gasteiger partial charge in [0.25, 0.3) is 0 Å². The molecule has 4 nitrogen and oxygen atoms in total. The molecule has 2 aliphatic rings. The second-order valence-corrected chi connectivity index (χ2v) is 5.41. The fourth-order valence-corrected chi connectivity index (χ4v) is 2.97. The third kappa shape index (κ3) is 2.34. The van der Waals surface area contributed by atoms with E-state index in [0.717, 1.165) is 24.0 Å². The van der Waals surface area contributed by atoms with E-state index < -0.39 is 0 Å². The molecule has 1 N–H and O–H groups in total. The fraction of sp³-hybridized carbons (Fsp3) is 0.800. The van der Waals surface area contributed by atoms with Gasteiger partial charge < -0.3 is 9.84 Å². The summed E-state index contributed by atoms with van der Waals surface area (Å²) in [5.74, 6) is 4.51. The molecule has 1 aromatic rings. The van der Waals surface area contributed by atoms with Gasteiger partial charge in [-0.2, -0.15) is 16.7 Å². The maximum atomic E-state index is 5.29. The largest absolute Gasteiger partial charge is 0.339 e. The first-order chi connectivity index (χ1) is 7.42. The number of nitrogens with one attached hydrogen (secondary N) is 1. The molecule has 2 fully saturated rings. The zero-order valence-corrected chi connectivity index (χ0v) is 9.42. The topological polar surface area (TPSA) is 51.0 Å². The van der Waals surface area contributed by atoms with Crippen LogP contribution in [0.15, 0.2) is 4.52 Å². The highest BCUT2D eigenvalue weighted by atomic mass is 32.2. The van der Waals surface area contributed by atoms with Crippen molar-refractivity contribution >= 4 is 11.8 Å². The van der Waals surface area contributed by atoms with E-state index in [2.05, 4.69) is 15.5 Å². The van der Waals surface area contributed by atoms with E-state index in [0.29, 0.717) is 12.0 Å². The molecule has 1 aliphatic heterocycles. The third-order valence-electron chi connectivity index (χ3n) is 2.89. The SMILES string of the molecule is C1CC(c2nc(CNC3CC3)no2)CS1. The first-order valence-corrected chi connectivity index (χ1v) is 6.71. The van der Waals surface area contributed by atoms with Gasteiger partial charge in [-0.15, -0.1) is 0 Å². The van der Waals surface area contributed by atoms with Crippen LogP contribution in [-0.2, 0) is 6.54 Å². The van der Waals surface area contributed by atoms with Crippen molar-refractivity contribution in [3.63, 3.8) is 0 Å².